The number of hydrogen-bond acceptors (Lipinski definition) is 5. The van der Waals surface area contributed by atoms with Gasteiger partial charge in [0.15, 0.2) is 0 Å². The minimum atomic E-state index is 0.237. The third-order valence-corrected chi connectivity index (χ3v) is 6.79. The fourth-order valence-corrected chi connectivity index (χ4v) is 5.36. The van der Waals surface area contributed by atoms with E-state index in [0.29, 0.717) is 17.9 Å². The maximum absolute atomic E-state index is 5.89. The van der Waals surface area contributed by atoms with Crippen LogP contribution in [0.1, 0.15) is 24.0 Å². The van der Waals surface area contributed by atoms with Crippen molar-refractivity contribution < 1.29 is 4.74 Å². The van der Waals surface area contributed by atoms with Crippen molar-refractivity contribution in [1.29, 1.82) is 0 Å². The molecule has 1 saturated carbocycles. The zero-order valence-corrected chi connectivity index (χ0v) is 18.1. The number of rotatable bonds is 7. The molecule has 162 valence electrons. The van der Waals surface area contributed by atoms with Gasteiger partial charge in [-0.3, -0.25) is 9.58 Å². The van der Waals surface area contributed by atoms with Gasteiger partial charge in [0.05, 0.1) is 18.7 Å². The third kappa shape index (κ3) is 4.81. The predicted molar refractivity (Wildman–Crippen MR) is 122 cm³/mol. The van der Waals surface area contributed by atoms with E-state index in [9.17, 15) is 0 Å². The number of benzene rings is 1. The molecule has 1 N–H and O–H groups in total. The Hall–Kier alpha value is -2.70. The largest absolute Gasteiger partial charge is 0.379 e. The Kier molecular flexibility index (Phi) is 6.00. The molecule has 0 radical (unpaired) electrons. The normalized spacial score (nSPS) is 26.0. The summed E-state index contributed by atoms with van der Waals surface area (Å²) in [4.78, 5) is 7.07. The molecule has 1 aliphatic heterocycles. The van der Waals surface area contributed by atoms with E-state index in [0.717, 1.165) is 44.8 Å². The lowest BCUT2D eigenvalue weighted by Gasteiger charge is -2.37. The summed E-state index contributed by atoms with van der Waals surface area (Å²) in [6, 6.07) is 17.2. The Labute approximate surface area is 184 Å². The Morgan fingerprint density at radius 2 is 1.81 bits per heavy atom. The maximum Gasteiger partial charge on any atom is 0.126 e. The van der Waals surface area contributed by atoms with Gasteiger partial charge in [0, 0.05) is 45.3 Å². The first-order valence-corrected chi connectivity index (χ1v) is 11.2. The Morgan fingerprint density at radius 1 is 0.968 bits per heavy atom. The van der Waals surface area contributed by atoms with Crippen molar-refractivity contribution in [3.8, 4) is 0 Å². The van der Waals surface area contributed by atoms with E-state index in [-0.39, 0.29) is 6.10 Å². The Morgan fingerprint density at radius 3 is 2.55 bits per heavy atom. The van der Waals surface area contributed by atoms with Crippen LogP contribution in [-0.2, 0) is 17.8 Å². The predicted octanol–water partition coefficient (Wildman–Crippen LogP) is 3.66. The van der Waals surface area contributed by atoms with Crippen molar-refractivity contribution in [3.05, 3.63) is 78.2 Å². The maximum atomic E-state index is 5.89. The van der Waals surface area contributed by atoms with Crippen LogP contribution in [0.5, 0.6) is 0 Å². The van der Waals surface area contributed by atoms with Gasteiger partial charge in [-0.2, -0.15) is 5.10 Å². The molecule has 0 amide bonds. The molecule has 0 unspecified atom stereocenters. The van der Waals surface area contributed by atoms with Gasteiger partial charge in [-0.25, -0.2) is 4.98 Å². The third-order valence-electron chi connectivity index (χ3n) is 6.79. The Bertz CT molecular complexity index is 961. The highest BCUT2D eigenvalue weighted by Crippen LogP contribution is 2.38. The lowest BCUT2D eigenvalue weighted by Crippen LogP contribution is -2.44. The molecule has 31 heavy (non-hydrogen) atoms. The molecule has 2 aliphatic rings. The van der Waals surface area contributed by atoms with Gasteiger partial charge >= 0.3 is 0 Å². The first-order valence-electron chi connectivity index (χ1n) is 11.2. The average Bonchev–Trinajstić information content (AvgIpc) is 3.43. The van der Waals surface area contributed by atoms with Crippen LogP contribution in [0.2, 0.25) is 0 Å². The van der Waals surface area contributed by atoms with Gasteiger partial charge in [0.1, 0.15) is 5.82 Å². The van der Waals surface area contributed by atoms with Gasteiger partial charge in [-0.05, 0) is 54.0 Å². The topological polar surface area (TPSA) is 55.2 Å². The second kappa shape index (κ2) is 9.20. The molecule has 0 spiro atoms. The second-order valence-corrected chi connectivity index (χ2v) is 8.95. The monoisotopic (exact) mass is 417 g/mol. The van der Waals surface area contributed by atoms with Crippen LogP contribution >= 0.6 is 0 Å². The standard InChI is InChI=1S/C25H31N5O/c1-31-24-14-22-18-29(17-21(22)13-23(24)28-25-8-2-3-9-26-25)15-19-6-4-7-20(12-19)16-30-11-5-10-27-30/h2-12,21-24H,13-18H2,1H3,(H,26,28)/t21-,22+,23-,24-/m1/s1. The number of likely N-dealkylation sites (tertiary alicyclic amines) is 1. The van der Waals surface area contributed by atoms with Crippen molar-refractivity contribution in [2.45, 2.75) is 38.1 Å². The molecule has 3 aromatic rings. The molecular formula is C25H31N5O. The fourth-order valence-electron chi connectivity index (χ4n) is 5.36. The van der Waals surface area contributed by atoms with E-state index < -0.39 is 0 Å². The summed E-state index contributed by atoms with van der Waals surface area (Å²) >= 11 is 0. The first kappa shape index (κ1) is 20.2. The summed E-state index contributed by atoms with van der Waals surface area (Å²) in [6.07, 6.45) is 8.17. The van der Waals surface area contributed by atoms with Crippen LogP contribution in [0.15, 0.2) is 67.1 Å². The van der Waals surface area contributed by atoms with E-state index in [1.807, 2.05) is 54.6 Å². The highest BCUT2D eigenvalue weighted by Gasteiger charge is 2.42. The van der Waals surface area contributed by atoms with Crippen LogP contribution in [0.4, 0.5) is 5.82 Å². The van der Waals surface area contributed by atoms with Crippen molar-refractivity contribution >= 4 is 5.82 Å². The van der Waals surface area contributed by atoms with E-state index >= 15 is 0 Å². The van der Waals surface area contributed by atoms with Crippen molar-refractivity contribution in [2.75, 3.05) is 25.5 Å². The SMILES string of the molecule is CO[C@@H]1C[C@H]2CN(Cc3cccc(Cn4cccn4)c3)C[C@H]2C[C@H]1Nc1ccccn1. The van der Waals surface area contributed by atoms with Crippen molar-refractivity contribution in [1.82, 2.24) is 19.7 Å². The number of fused-ring (bicyclic) bond motifs is 1. The summed E-state index contributed by atoms with van der Waals surface area (Å²) in [5, 5.41) is 7.95. The van der Waals surface area contributed by atoms with Gasteiger partial charge in [0.2, 0.25) is 0 Å². The molecule has 0 bridgehead atoms. The molecule has 2 fully saturated rings. The summed E-state index contributed by atoms with van der Waals surface area (Å²) in [5.41, 5.74) is 2.69. The van der Waals surface area contributed by atoms with Crippen LogP contribution in [0, 0.1) is 11.8 Å². The van der Waals surface area contributed by atoms with Crippen molar-refractivity contribution in [2.24, 2.45) is 11.8 Å². The molecular weight excluding hydrogens is 386 g/mol. The summed E-state index contributed by atoms with van der Waals surface area (Å²) < 4.78 is 7.86. The van der Waals surface area contributed by atoms with Gasteiger partial charge in [-0.15, -0.1) is 0 Å². The second-order valence-electron chi connectivity index (χ2n) is 8.95. The molecule has 1 saturated heterocycles. The van der Waals surface area contributed by atoms with E-state index in [1.165, 1.54) is 11.1 Å². The van der Waals surface area contributed by atoms with Crippen LogP contribution in [0.3, 0.4) is 0 Å². The highest BCUT2D eigenvalue weighted by atomic mass is 16.5. The molecule has 1 aromatic carbocycles. The van der Waals surface area contributed by atoms with Crippen LogP contribution in [0.25, 0.3) is 0 Å². The number of anilines is 1. The number of nitrogens with zero attached hydrogens (tertiary/aromatic N) is 4. The molecule has 1 aliphatic carbocycles. The lowest BCUT2D eigenvalue weighted by molar-refractivity contribution is 0.0304. The minimum absolute atomic E-state index is 0.237. The summed E-state index contributed by atoms with van der Waals surface area (Å²) in [7, 11) is 1.84. The van der Waals surface area contributed by atoms with E-state index in [4.69, 9.17) is 4.74 Å². The van der Waals surface area contributed by atoms with Crippen LogP contribution < -0.4 is 5.32 Å². The average molecular weight is 418 g/mol. The lowest BCUT2D eigenvalue weighted by atomic mass is 9.77. The smallest absolute Gasteiger partial charge is 0.126 e. The number of methoxy groups -OCH3 is 1. The quantitative estimate of drug-likeness (QED) is 0.636. The van der Waals surface area contributed by atoms with Gasteiger partial charge in [-0.1, -0.05) is 30.3 Å². The number of nitrogens with one attached hydrogen (secondary N) is 1. The van der Waals surface area contributed by atoms with E-state index in [1.54, 1.807) is 0 Å². The molecule has 6 nitrogen and oxygen atoms in total. The van der Waals surface area contributed by atoms with Gasteiger partial charge < -0.3 is 10.1 Å². The number of pyridine rings is 1. The zero-order chi connectivity index (χ0) is 21.0. The molecule has 3 heterocycles. The highest BCUT2D eigenvalue weighted by molar-refractivity contribution is 5.35. The Balaban J connectivity index is 1.21. The van der Waals surface area contributed by atoms with Gasteiger partial charge in [0.25, 0.3) is 0 Å². The van der Waals surface area contributed by atoms with Crippen LogP contribution in [-0.4, -0.2) is 52.0 Å². The number of ether oxygens (including phenoxy) is 1. The molecule has 6 heteroatoms. The first-order chi connectivity index (χ1) is 15.3. The molecule has 2 aromatic heterocycles. The molecule has 4 atom stereocenters. The van der Waals surface area contributed by atoms with Crippen molar-refractivity contribution in [3.63, 3.8) is 0 Å². The minimum Gasteiger partial charge on any atom is -0.379 e. The summed E-state index contributed by atoms with van der Waals surface area (Å²) in [6.45, 7) is 4.15. The summed E-state index contributed by atoms with van der Waals surface area (Å²) in [5.74, 6) is 2.36. The fraction of sp³-hybridized carbons (Fsp3) is 0.440. The zero-order valence-electron chi connectivity index (χ0n) is 18.1. The van der Waals surface area contributed by atoms with E-state index in [2.05, 4.69) is 44.6 Å². The molecule has 5 rings (SSSR count). The number of aromatic nitrogens is 3. The number of hydrogen-bond donors (Lipinski definition) is 1.